The van der Waals surface area contributed by atoms with Crippen molar-refractivity contribution in [2.45, 2.75) is 12.8 Å². The Morgan fingerprint density at radius 2 is 1.69 bits per heavy atom. The number of phenolic OH excluding ortho intramolecular Hbond substituents is 1. The van der Waals surface area contributed by atoms with E-state index >= 15 is 0 Å². The smallest absolute Gasteiger partial charge is 0.224 e. The molecule has 2 aromatic heterocycles. The first-order valence-electron chi connectivity index (χ1n) is 9.55. The van der Waals surface area contributed by atoms with E-state index in [0.717, 1.165) is 38.3 Å². The quantitative estimate of drug-likeness (QED) is 0.403. The van der Waals surface area contributed by atoms with Crippen molar-refractivity contribution in [3.05, 3.63) is 78.6 Å². The Bertz CT molecular complexity index is 1370. The number of rotatable bonds is 4. The molecule has 0 aliphatic rings. The van der Waals surface area contributed by atoms with Crippen LogP contribution in [0.15, 0.2) is 72.9 Å². The fraction of sp³-hybridized carbons (Fsp3) is 0.0833. The number of nitrogens with one attached hydrogen (secondary N) is 2. The van der Waals surface area contributed by atoms with Crippen molar-refractivity contribution in [3.63, 3.8) is 0 Å². The summed E-state index contributed by atoms with van der Waals surface area (Å²) in [5.74, 6) is 0.122. The zero-order valence-corrected chi connectivity index (χ0v) is 15.6. The molecular formula is C24H19N3O2. The summed E-state index contributed by atoms with van der Waals surface area (Å²) >= 11 is 0. The minimum Gasteiger partial charge on any atom is -0.507 e. The SMILES string of the molecule is O=C(CCc1cc2c(cn1)[nH]c1ccccc12)Nc1cccc2c(O)cccc12. The number of hydrogen-bond acceptors (Lipinski definition) is 3. The van der Waals surface area contributed by atoms with Crippen LogP contribution in [0.25, 0.3) is 32.6 Å². The molecule has 0 aliphatic heterocycles. The third kappa shape index (κ3) is 3.17. The number of nitrogens with zero attached hydrogens (tertiary/aromatic N) is 1. The Kier molecular flexibility index (Phi) is 4.13. The molecule has 5 rings (SSSR count). The highest BCUT2D eigenvalue weighted by atomic mass is 16.3. The van der Waals surface area contributed by atoms with Crippen LogP contribution in [0.3, 0.4) is 0 Å². The fourth-order valence-corrected chi connectivity index (χ4v) is 3.79. The molecule has 0 bridgehead atoms. The second-order valence-corrected chi connectivity index (χ2v) is 7.12. The van der Waals surface area contributed by atoms with Gasteiger partial charge in [-0.2, -0.15) is 0 Å². The molecule has 3 N–H and O–H groups in total. The maximum Gasteiger partial charge on any atom is 0.224 e. The van der Waals surface area contributed by atoms with Crippen LogP contribution in [0, 0.1) is 0 Å². The number of anilines is 1. The number of aromatic hydroxyl groups is 1. The highest BCUT2D eigenvalue weighted by Gasteiger charge is 2.10. The predicted octanol–water partition coefficient (Wildman–Crippen LogP) is 5.15. The summed E-state index contributed by atoms with van der Waals surface area (Å²) in [6, 6.07) is 21.0. The molecular weight excluding hydrogens is 362 g/mol. The van der Waals surface area contributed by atoms with Gasteiger partial charge in [-0.1, -0.05) is 42.5 Å². The van der Waals surface area contributed by atoms with Crippen LogP contribution in [0.4, 0.5) is 5.69 Å². The lowest BCUT2D eigenvalue weighted by Crippen LogP contribution is -2.13. The standard InChI is InChI=1S/C24H19N3O2/c28-23-10-4-6-16-18(23)7-3-9-21(16)27-24(29)12-11-15-13-19-17-5-1-2-8-20(17)26-22(19)14-25-15/h1-10,13-14,26,28H,11-12H2,(H,27,29). The average Bonchev–Trinajstić information content (AvgIpc) is 3.11. The molecule has 5 nitrogen and oxygen atoms in total. The number of hydrogen-bond donors (Lipinski definition) is 3. The number of aromatic nitrogens is 2. The zero-order valence-electron chi connectivity index (χ0n) is 15.6. The highest BCUT2D eigenvalue weighted by Crippen LogP contribution is 2.30. The van der Waals surface area contributed by atoms with E-state index in [-0.39, 0.29) is 11.7 Å². The van der Waals surface area contributed by atoms with E-state index in [4.69, 9.17) is 0 Å². The van der Waals surface area contributed by atoms with Gasteiger partial charge in [0, 0.05) is 44.9 Å². The molecule has 5 heteroatoms. The van der Waals surface area contributed by atoms with E-state index in [1.807, 2.05) is 48.7 Å². The van der Waals surface area contributed by atoms with Gasteiger partial charge in [-0.15, -0.1) is 0 Å². The normalized spacial score (nSPS) is 11.3. The number of carbonyl (C=O) groups excluding carboxylic acids is 1. The van der Waals surface area contributed by atoms with Gasteiger partial charge in [-0.3, -0.25) is 9.78 Å². The summed E-state index contributed by atoms with van der Waals surface area (Å²) in [7, 11) is 0. The first-order valence-corrected chi connectivity index (χ1v) is 9.55. The van der Waals surface area contributed by atoms with Crippen molar-refractivity contribution < 1.29 is 9.90 Å². The van der Waals surface area contributed by atoms with Gasteiger partial charge < -0.3 is 15.4 Å². The molecule has 29 heavy (non-hydrogen) atoms. The number of pyridine rings is 1. The summed E-state index contributed by atoms with van der Waals surface area (Å²) in [6.45, 7) is 0. The van der Waals surface area contributed by atoms with Crippen molar-refractivity contribution in [1.29, 1.82) is 0 Å². The van der Waals surface area contributed by atoms with Gasteiger partial charge in [0.2, 0.25) is 5.91 Å². The molecule has 0 radical (unpaired) electrons. The molecule has 0 fully saturated rings. The zero-order chi connectivity index (χ0) is 19.8. The predicted molar refractivity (Wildman–Crippen MR) is 116 cm³/mol. The highest BCUT2D eigenvalue weighted by molar-refractivity contribution is 6.07. The number of carbonyl (C=O) groups is 1. The monoisotopic (exact) mass is 381 g/mol. The van der Waals surface area contributed by atoms with Crippen molar-refractivity contribution >= 4 is 44.2 Å². The van der Waals surface area contributed by atoms with E-state index in [9.17, 15) is 9.90 Å². The summed E-state index contributed by atoms with van der Waals surface area (Å²) in [6.07, 6.45) is 2.71. The summed E-state index contributed by atoms with van der Waals surface area (Å²) < 4.78 is 0. The van der Waals surface area contributed by atoms with Gasteiger partial charge in [0.25, 0.3) is 0 Å². The topological polar surface area (TPSA) is 78.0 Å². The molecule has 3 aromatic carbocycles. The molecule has 0 atom stereocenters. The Balaban J connectivity index is 1.34. The minimum absolute atomic E-state index is 0.0818. The third-order valence-electron chi connectivity index (χ3n) is 5.23. The summed E-state index contributed by atoms with van der Waals surface area (Å²) in [5.41, 5.74) is 3.66. The van der Waals surface area contributed by atoms with E-state index in [1.54, 1.807) is 12.1 Å². The lowest BCUT2D eigenvalue weighted by atomic mass is 10.1. The van der Waals surface area contributed by atoms with Crippen LogP contribution in [0.5, 0.6) is 5.75 Å². The molecule has 2 heterocycles. The van der Waals surface area contributed by atoms with Crippen LogP contribution in [0.1, 0.15) is 12.1 Å². The number of phenols is 1. The third-order valence-corrected chi connectivity index (χ3v) is 5.23. The fourth-order valence-electron chi connectivity index (χ4n) is 3.79. The van der Waals surface area contributed by atoms with Gasteiger partial charge in [-0.05, 0) is 30.7 Å². The summed E-state index contributed by atoms with van der Waals surface area (Å²) in [5, 5.41) is 16.8. The van der Waals surface area contributed by atoms with Crippen LogP contribution in [0.2, 0.25) is 0 Å². The largest absolute Gasteiger partial charge is 0.507 e. The number of para-hydroxylation sites is 1. The number of benzene rings is 3. The first-order chi connectivity index (χ1) is 14.2. The first kappa shape index (κ1) is 17.3. The molecule has 0 saturated carbocycles. The number of amides is 1. The van der Waals surface area contributed by atoms with Crippen LogP contribution in [-0.2, 0) is 11.2 Å². The molecule has 0 aliphatic carbocycles. The maximum atomic E-state index is 12.5. The second-order valence-electron chi connectivity index (χ2n) is 7.12. The number of aromatic amines is 1. The Morgan fingerprint density at radius 3 is 2.62 bits per heavy atom. The molecule has 5 aromatic rings. The van der Waals surface area contributed by atoms with Crippen LogP contribution in [-0.4, -0.2) is 21.0 Å². The summed E-state index contributed by atoms with van der Waals surface area (Å²) in [4.78, 5) is 20.4. The van der Waals surface area contributed by atoms with Gasteiger partial charge >= 0.3 is 0 Å². The van der Waals surface area contributed by atoms with Gasteiger partial charge in [0.05, 0.1) is 11.7 Å². The van der Waals surface area contributed by atoms with Gasteiger partial charge in [0.1, 0.15) is 5.75 Å². The maximum absolute atomic E-state index is 12.5. The number of aryl methyl sites for hydroxylation is 1. The minimum atomic E-state index is -0.0818. The number of fused-ring (bicyclic) bond motifs is 4. The van der Waals surface area contributed by atoms with Crippen LogP contribution < -0.4 is 5.32 Å². The molecule has 0 spiro atoms. The van der Waals surface area contributed by atoms with E-state index in [2.05, 4.69) is 27.4 Å². The number of H-pyrrole nitrogens is 1. The lowest BCUT2D eigenvalue weighted by molar-refractivity contribution is -0.116. The van der Waals surface area contributed by atoms with Crippen molar-refractivity contribution in [3.8, 4) is 5.75 Å². The van der Waals surface area contributed by atoms with Crippen molar-refractivity contribution in [2.24, 2.45) is 0 Å². The van der Waals surface area contributed by atoms with E-state index < -0.39 is 0 Å². The Morgan fingerprint density at radius 1 is 0.897 bits per heavy atom. The lowest BCUT2D eigenvalue weighted by Gasteiger charge is -2.09. The van der Waals surface area contributed by atoms with Crippen molar-refractivity contribution in [1.82, 2.24) is 9.97 Å². The molecule has 0 unspecified atom stereocenters. The van der Waals surface area contributed by atoms with E-state index in [0.29, 0.717) is 18.5 Å². The van der Waals surface area contributed by atoms with Gasteiger partial charge in [0.15, 0.2) is 0 Å². The molecule has 1 amide bonds. The molecule has 0 saturated heterocycles. The van der Waals surface area contributed by atoms with Crippen LogP contribution >= 0.6 is 0 Å². The average molecular weight is 381 g/mol. The van der Waals surface area contributed by atoms with E-state index in [1.165, 1.54) is 0 Å². The Hall–Kier alpha value is -3.86. The van der Waals surface area contributed by atoms with Crippen molar-refractivity contribution in [2.75, 3.05) is 5.32 Å². The van der Waals surface area contributed by atoms with Gasteiger partial charge in [-0.25, -0.2) is 0 Å². The molecule has 142 valence electrons. The second kappa shape index (κ2) is 6.95. The Labute approximate surface area is 167 Å².